The van der Waals surface area contributed by atoms with Crippen LogP contribution in [0.5, 0.6) is 0 Å². The first-order chi connectivity index (χ1) is 18.2. The molecule has 0 radical (unpaired) electrons. The van der Waals surface area contributed by atoms with Crippen LogP contribution >= 0.6 is 18.7 Å². The summed E-state index contributed by atoms with van der Waals surface area (Å²) in [5.41, 5.74) is 5.60. The van der Waals surface area contributed by atoms with Crippen LogP contribution in [0.3, 0.4) is 0 Å². The summed E-state index contributed by atoms with van der Waals surface area (Å²) >= 11 is 6.45. The number of halogens is 1. The Labute approximate surface area is 229 Å². The minimum atomic E-state index is -2.51. The molecule has 6 rings (SSSR count). The number of rotatable bonds is 6. The van der Waals surface area contributed by atoms with E-state index in [4.69, 9.17) is 16.3 Å². The van der Waals surface area contributed by atoms with E-state index in [-0.39, 0.29) is 0 Å². The van der Waals surface area contributed by atoms with Gasteiger partial charge in [-0.05, 0) is 87.7 Å². The van der Waals surface area contributed by atoms with Crippen molar-refractivity contribution >= 4 is 47.2 Å². The predicted octanol–water partition coefficient (Wildman–Crippen LogP) is 5.89. The summed E-state index contributed by atoms with van der Waals surface area (Å²) in [4.78, 5) is 11.8. The molecular formula is C29H35ClN5O2P. The highest BCUT2D eigenvalue weighted by Gasteiger charge is 2.42. The predicted molar refractivity (Wildman–Crippen MR) is 156 cm³/mol. The van der Waals surface area contributed by atoms with E-state index in [1.807, 2.05) is 25.1 Å². The summed E-state index contributed by atoms with van der Waals surface area (Å²) in [6, 6.07) is 13.7. The highest BCUT2D eigenvalue weighted by molar-refractivity contribution is 7.70. The maximum absolute atomic E-state index is 12.9. The Morgan fingerprint density at radius 3 is 2.61 bits per heavy atom. The molecule has 0 unspecified atom stereocenters. The first-order valence-corrected chi connectivity index (χ1v) is 16.4. The Hall–Kier alpha value is -2.44. The van der Waals surface area contributed by atoms with Crippen LogP contribution in [0.1, 0.15) is 36.0 Å². The topological polar surface area (TPSA) is 79.4 Å². The van der Waals surface area contributed by atoms with Gasteiger partial charge in [-0.1, -0.05) is 29.3 Å². The monoisotopic (exact) mass is 551 g/mol. The number of nitrogens with one attached hydrogen (secondary N) is 2. The van der Waals surface area contributed by atoms with Crippen molar-refractivity contribution in [3.05, 3.63) is 64.3 Å². The number of benzene rings is 2. The van der Waals surface area contributed by atoms with Gasteiger partial charge >= 0.3 is 0 Å². The lowest BCUT2D eigenvalue weighted by Crippen LogP contribution is -2.44. The molecule has 2 aliphatic heterocycles. The van der Waals surface area contributed by atoms with Gasteiger partial charge in [0, 0.05) is 29.6 Å². The van der Waals surface area contributed by atoms with E-state index in [9.17, 15) is 4.57 Å². The summed E-state index contributed by atoms with van der Waals surface area (Å²) in [5, 5.41) is 7.84. The largest absolute Gasteiger partial charge is 0.375 e. The van der Waals surface area contributed by atoms with Crippen molar-refractivity contribution in [2.75, 3.05) is 37.1 Å². The maximum Gasteiger partial charge on any atom is 0.229 e. The second kappa shape index (κ2) is 10.3. The number of ether oxygens (including phenoxy) is 1. The normalized spacial score (nSPS) is 23.2. The quantitative estimate of drug-likeness (QED) is 0.292. The average Bonchev–Trinajstić information content (AvgIpc) is 3.45. The molecule has 2 saturated heterocycles. The van der Waals surface area contributed by atoms with Crippen molar-refractivity contribution in [2.45, 2.75) is 57.2 Å². The Morgan fingerprint density at radius 2 is 1.87 bits per heavy atom. The number of anilines is 4. The standard InChI is InChI=1S/C29H35ClN5O2P/c1-18-4-11-26(27(12-18)38(2,3)36)33-28-25(30)15-31-29(34-28)32-21-8-5-19-6-9-22(10-7-20(19)13-21)35-16-24-14-23(35)17-37-24/h4-5,8,11-13,15,22-24H,6-7,9-10,14,16-17H2,1-3H3,(H2,31,32,33,34)/t22-,23-,24-/m1/s1. The Bertz CT molecular complexity index is 1410. The summed E-state index contributed by atoms with van der Waals surface area (Å²) in [5.74, 6) is 0.936. The fourth-order valence-corrected chi connectivity index (χ4v) is 7.51. The zero-order valence-corrected chi connectivity index (χ0v) is 23.9. The minimum Gasteiger partial charge on any atom is -0.375 e. The van der Waals surface area contributed by atoms with Gasteiger partial charge in [0.25, 0.3) is 0 Å². The zero-order chi connectivity index (χ0) is 26.4. The molecule has 0 amide bonds. The van der Waals surface area contributed by atoms with Gasteiger partial charge in [-0.2, -0.15) is 4.98 Å². The Morgan fingerprint density at radius 1 is 1.05 bits per heavy atom. The molecule has 2 aromatic carbocycles. The second-order valence-corrected chi connectivity index (χ2v) is 14.9. The Balaban J connectivity index is 1.18. The number of hydrogen-bond donors (Lipinski definition) is 2. The van der Waals surface area contributed by atoms with E-state index in [1.54, 1.807) is 19.5 Å². The summed E-state index contributed by atoms with van der Waals surface area (Å²) in [7, 11) is -2.51. The van der Waals surface area contributed by atoms with Gasteiger partial charge in [0.1, 0.15) is 12.2 Å². The summed E-state index contributed by atoms with van der Waals surface area (Å²) in [6.45, 7) is 7.54. The molecule has 3 heterocycles. The molecule has 2 N–H and O–H groups in total. The molecule has 200 valence electrons. The molecule has 0 saturated carbocycles. The first-order valence-electron chi connectivity index (χ1n) is 13.4. The van der Waals surface area contributed by atoms with Gasteiger partial charge in [0.2, 0.25) is 5.95 Å². The van der Waals surface area contributed by atoms with Crippen molar-refractivity contribution in [1.82, 2.24) is 14.9 Å². The van der Waals surface area contributed by atoms with E-state index in [0.717, 1.165) is 48.2 Å². The van der Waals surface area contributed by atoms with Gasteiger partial charge in [0.15, 0.2) is 5.82 Å². The van der Waals surface area contributed by atoms with Gasteiger partial charge in [-0.3, -0.25) is 4.90 Å². The molecule has 3 atom stereocenters. The number of aryl methyl sites for hydroxylation is 3. The van der Waals surface area contributed by atoms with Crippen LogP contribution in [0.25, 0.3) is 0 Å². The molecular weight excluding hydrogens is 517 g/mol. The van der Waals surface area contributed by atoms with Crippen LogP contribution in [0.4, 0.5) is 23.1 Å². The van der Waals surface area contributed by atoms with Crippen molar-refractivity contribution in [3.8, 4) is 0 Å². The highest BCUT2D eigenvalue weighted by atomic mass is 35.5. The van der Waals surface area contributed by atoms with Crippen molar-refractivity contribution in [1.29, 1.82) is 0 Å². The maximum atomic E-state index is 12.9. The van der Waals surface area contributed by atoms with Crippen LogP contribution in [0.2, 0.25) is 5.02 Å². The number of fused-ring (bicyclic) bond motifs is 3. The van der Waals surface area contributed by atoms with Gasteiger partial charge in [-0.25, -0.2) is 4.98 Å². The lowest BCUT2D eigenvalue weighted by molar-refractivity contribution is 0.00854. The lowest BCUT2D eigenvalue weighted by atomic mass is 10.0. The number of morpholine rings is 1. The van der Waals surface area contributed by atoms with E-state index >= 15 is 0 Å². The van der Waals surface area contributed by atoms with Crippen LogP contribution in [-0.2, 0) is 22.1 Å². The van der Waals surface area contributed by atoms with Crippen molar-refractivity contribution in [3.63, 3.8) is 0 Å². The molecule has 9 heteroatoms. The van der Waals surface area contributed by atoms with Crippen LogP contribution in [-0.4, -0.2) is 59.5 Å². The third kappa shape index (κ3) is 5.35. The molecule has 3 aromatic rings. The van der Waals surface area contributed by atoms with E-state index in [1.165, 1.54) is 30.4 Å². The molecule has 1 aromatic heterocycles. The van der Waals surface area contributed by atoms with Crippen molar-refractivity contribution < 1.29 is 9.30 Å². The number of nitrogens with zero attached hydrogens (tertiary/aromatic N) is 3. The molecule has 7 nitrogen and oxygen atoms in total. The molecule has 1 aliphatic carbocycles. The van der Waals surface area contributed by atoms with Gasteiger partial charge in [0.05, 0.1) is 24.6 Å². The molecule has 2 bridgehead atoms. The molecule has 0 spiro atoms. The third-order valence-electron chi connectivity index (χ3n) is 8.10. The Kier molecular flexibility index (Phi) is 6.98. The van der Waals surface area contributed by atoms with Crippen LogP contribution in [0.15, 0.2) is 42.6 Å². The fourth-order valence-electron chi connectivity index (χ4n) is 6.14. The summed E-state index contributed by atoms with van der Waals surface area (Å²) < 4.78 is 18.7. The second-order valence-electron chi connectivity index (χ2n) is 11.3. The smallest absolute Gasteiger partial charge is 0.229 e. The first kappa shape index (κ1) is 25.8. The minimum absolute atomic E-state index is 0.401. The number of likely N-dealkylation sites (tertiary alicyclic amines) is 1. The number of hydrogen-bond acceptors (Lipinski definition) is 7. The van der Waals surface area contributed by atoms with Crippen LogP contribution in [0, 0.1) is 6.92 Å². The van der Waals surface area contributed by atoms with E-state index < -0.39 is 7.14 Å². The van der Waals surface area contributed by atoms with Gasteiger partial charge < -0.3 is 19.9 Å². The fraction of sp³-hybridized carbons (Fsp3) is 0.448. The molecule has 3 aliphatic rings. The third-order valence-corrected chi connectivity index (χ3v) is 9.91. The van der Waals surface area contributed by atoms with Crippen LogP contribution < -0.4 is 15.9 Å². The van der Waals surface area contributed by atoms with Gasteiger partial charge in [-0.15, -0.1) is 0 Å². The summed E-state index contributed by atoms with van der Waals surface area (Å²) in [6.07, 6.45) is 7.82. The van der Waals surface area contributed by atoms with E-state index in [0.29, 0.717) is 35.0 Å². The number of aromatic nitrogens is 2. The average molecular weight is 552 g/mol. The molecule has 2 fully saturated rings. The van der Waals surface area contributed by atoms with E-state index in [2.05, 4.69) is 43.7 Å². The zero-order valence-electron chi connectivity index (χ0n) is 22.2. The van der Waals surface area contributed by atoms with Crippen molar-refractivity contribution in [2.24, 2.45) is 0 Å². The highest BCUT2D eigenvalue weighted by Crippen LogP contribution is 2.39. The molecule has 38 heavy (non-hydrogen) atoms. The SMILES string of the molecule is Cc1ccc(Nc2nc(Nc3ccc4c(c3)CC[C@H](N3C[C@H]5C[C@@H]3CO5)CC4)ncc2Cl)c(P(C)(C)=O)c1. The lowest BCUT2D eigenvalue weighted by Gasteiger charge is -2.34.